The Bertz CT molecular complexity index is 2760. The maximum atomic E-state index is 2.71. The normalized spacial score (nSPS) is 31.1. The van der Waals surface area contributed by atoms with Crippen LogP contribution in [-0.4, -0.2) is 0 Å². The van der Waals surface area contributed by atoms with Crippen molar-refractivity contribution >= 4 is 48.6 Å². The molecule has 8 aliphatic carbocycles. The number of hydrogen-bond acceptors (Lipinski definition) is 2. The van der Waals surface area contributed by atoms with Gasteiger partial charge >= 0.3 is 0 Å². The largest absolute Gasteiger partial charge is 0.310 e. The zero-order chi connectivity index (χ0) is 35.6. The molecule has 7 aromatic rings. The second-order valence-electron chi connectivity index (χ2n) is 18.9. The molecule has 1 aromatic heterocycles. The SMILES string of the molecule is c1ccc2c(c1)-c1ccc(N(c3ccc4c(c3)C3(c5ccccc5-4)C4CC5CC(C4)CC3C5)c3cccc4sc5ccccc5c34)cc1C21CC2CCC1C2. The molecule has 1 nitrogen and oxygen atoms in total. The summed E-state index contributed by atoms with van der Waals surface area (Å²) in [5.41, 5.74) is 16.6. The molecule has 6 fully saturated rings. The molecule has 15 rings (SSSR count). The summed E-state index contributed by atoms with van der Waals surface area (Å²) in [6, 6.07) is 50.6. The lowest BCUT2D eigenvalue weighted by atomic mass is 9.43. The van der Waals surface area contributed by atoms with Gasteiger partial charge in [-0.25, -0.2) is 0 Å². The van der Waals surface area contributed by atoms with Gasteiger partial charge in [-0.15, -0.1) is 11.3 Å². The molecule has 0 aliphatic heterocycles. The van der Waals surface area contributed by atoms with Gasteiger partial charge in [-0.1, -0.05) is 91.3 Å². The number of fused-ring (bicyclic) bond motifs is 14. The molecule has 0 saturated heterocycles. The Morgan fingerprint density at radius 3 is 1.84 bits per heavy atom. The van der Waals surface area contributed by atoms with Gasteiger partial charge in [0.2, 0.25) is 0 Å². The van der Waals surface area contributed by atoms with Crippen molar-refractivity contribution in [3.63, 3.8) is 0 Å². The summed E-state index contributed by atoms with van der Waals surface area (Å²) < 4.78 is 2.74. The third-order valence-corrected chi connectivity index (χ3v) is 17.8. The van der Waals surface area contributed by atoms with Crippen LogP contribution in [0, 0.1) is 35.5 Å². The van der Waals surface area contributed by atoms with Gasteiger partial charge in [0, 0.05) is 42.4 Å². The van der Waals surface area contributed by atoms with Crippen molar-refractivity contribution in [3.05, 3.63) is 150 Å². The Labute approximate surface area is 328 Å². The number of rotatable bonds is 3. The molecule has 0 radical (unpaired) electrons. The highest BCUT2D eigenvalue weighted by Gasteiger charge is 2.62. The monoisotopic (exact) mass is 727 g/mol. The molecule has 2 spiro atoms. The van der Waals surface area contributed by atoms with Gasteiger partial charge in [0.15, 0.2) is 0 Å². The van der Waals surface area contributed by atoms with Crippen molar-refractivity contribution in [2.24, 2.45) is 35.5 Å². The van der Waals surface area contributed by atoms with Gasteiger partial charge in [0.25, 0.3) is 0 Å². The van der Waals surface area contributed by atoms with Crippen molar-refractivity contribution in [1.82, 2.24) is 0 Å². The first-order valence-corrected chi connectivity index (χ1v) is 22.2. The summed E-state index contributed by atoms with van der Waals surface area (Å²) in [5, 5.41) is 2.75. The molecule has 8 aliphatic rings. The van der Waals surface area contributed by atoms with Crippen molar-refractivity contribution in [2.75, 3.05) is 4.90 Å². The molecular formula is C53H45NS. The first-order valence-electron chi connectivity index (χ1n) is 21.4. The van der Waals surface area contributed by atoms with Crippen LogP contribution in [0.4, 0.5) is 17.1 Å². The summed E-state index contributed by atoms with van der Waals surface area (Å²) in [7, 11) is 0. The Morgan fingerprint density at radius 2 is 1.09 bits per heavy atom. The number of anilines is 3. The minimum absolute atomic E-state index is 0.134. The van der Waals surface area contributed by atoms with Crippen molar-refractivity contribution < 1.29 is 0 Å². The third kappa shape index (κ3) is 3.72. The van der Waals surface area contributed by atoms with Crippen LogP contribution < -0.4 is 4.90 Å². The average molecular weight is 728 g/mol. The highest BCUT2D eigenvalue weighted by molar-refractivity contribution is 7.26. The summed E-state index contributed by atoms with van der Waals surface area (Å²) in [6.07, 6.45) is 12.6. The van der Waals surface area contributed by atoms with E-state index in [1.807, 2.05) is 11.3 Å². The van der Waals surface area contributed by atoms with E-state index in [0.29, 0.717) is 0 Å². The van der Waals surface area contributed by atoms with E-state index in [9.17, 15) is 0 Å². The van der Waals surface area contributed by atoms with Gasteiger partial charge in [0.1, 0.15) is 0 Å². The smallest absolute Gasteiger partial charge is 0.0554 e. The second-order valence-corrected chi connectivity index (χ2v) is 19.9. The highest BCUT2D eigenvalue weighted by Crippen LogP contribution is 2.70. The zero-order valence-corrected chi connectivity index (χ0v) is 32.1. The lowest BCUT2D eigenvalue weighted by Crippen LogP contribution is -2.55. The molecule has 6 aromatic carbocycles. The van der Waals surface area contributed by atoms with E-state index >= 15 is 0 Å². The zero-order valence-electron chi connectivity index (χ0n) is 31.3. The van der Waals surface area contributed by atoms with Crippen LogP contribution in [0.2, 0.25) is 0 Å². The molecule has 1 heterocycles. The van der Waals surface area contributed by atoms with Crippen LogP contribution >= 0.6 is 11.3 Å². The van der Waals surface area contributed by atoms with Gasteiger partial charge in [-0.05, 0) is 174 Å². The molecule has 3 unspecified atom stereocenters. The summed E-state index contributed by atoms with van der Waals surface area (Å²) >= 11 is 1.94. The summed E-state index contributed by atoms with van der Waals surface area (Å²) in [5.74, 6) is 4.95. The van der Waals surface area contributed by atoms with E-state index < -0.39 is 0 Å². The molecule has 2 heteroatoms. The van der Waals surface area contributed by atoms with E-state index in [0.717, 1.165) is 35.5 Å². The number of hydrogen-bond donors (Lipinski definition) is 0. The Kier molecular flexibility index (Phi) is 5.88. The van der Waals surface area contributed by atoms with Crippen molar-refractivity contribution in [2.45, 2.75) is 68.6 Å². The Morgan fingerprint density at radius 1 is 0.473 bits per heavy atom. The number of nitrogens with zero attached hydrogens (tertiary/aromatic N) is 1. The van der Waals surface area contributed by atoms with Crippen LogP contribution in [0.25, 0.3) is 42.4 Å². The van der Waals surface area contributed by atoms with Crippen LogP contribution in [0.15, 0.2) is 127 Å². The van der Waals surface area contributed by atoms with E-state index in [1.54, 1.807) is 22.3 Å². The molecule has 0 amide bonds. The maximum Gasteiger partial charge on any atom is 0.0554 e. The molecule has 6 saturated carbocycles. The standard InChI is InChI=1S/C53H45NS/c1-4-11-44-39(8-1)41-20-18-37(28-46(41)52(44)30-31-16-17-34(52)23-31)54(48-13-7-15-50-51(48)43-10-3-6-14-49(43)55-50)38-19-21-42-40-9-2-5-12-45(40)53(47(42)29-38)35-24-32-22-33(26-35)27-36(53)25-32/h1-15,18-21,28-29,31-36H,16-17,22-27,30H2. The van der Waals surface area contributed by atoms with E-state index in [-0.39, 0.29) is 10.8 Å². The van der Waals surface area contributed by atoms with Gasteiger partial charge in [-0.2, -0.15) is 0 Å². The Balaban J connectivity index is 1.03. The molecule has 0 N–H and O–H groups in total. The van der Waals surface area contributed by atoms with E-state index in [4.69, 9.17) is 0 Å². The lowest BCUT2D eigenvalue weighted by molar-refractivity contribution is -0.0399. The fourth-order valence-electron chi connectivity index (χ4n) is 15.2. The highest BCUT2D eigenvalue weighted by atomic mass is 32.1. The second kappa shape index (κ2) is 10.6. The molecule has 6 bridgehead atoms. The van der Waals surface area contributed by atoms with E-state index in [1.165, 1.54) is 117 Å². The van der Waals surface area contributed by atoms with Crippen molar-refractivity contribution in [3.8, 4) is 22.3 Å². The fourth-order valence-corrected chi connectivity index (χ4v) is 16.3. The van der Waals surface area contributed by atoms with Gasteiger partial charge in [0.05, 0.1) is 5.69 Å². The van der Waals surface area contributed by atoms with Crippen LogP contribution in [0.5, 0.6) is 0 Å². The van der Waals surface area contributed by atoms with Crippen molar-refractivity contribution in [1.29, 1.82) is 0 Å². The van der Waals surface area contributed by atoms with Crippen LogP contribution in [-0.2, 0) is 10.8 Å². The molecular weight excluding hydrogens is 683 g/mol. The molecule has 268 valence electrons. The molecule has 3 atom stereocenters. The average Bonchev–Trinajstić information content (AvgIpc) is 4.04. The first kappa shape index (κ1) is 30.5. The van der Waals surface area contributed by atoms with Crippen LogP contribution in [0.1, 0.15) is 80.0 Å². The van der Waals surface area contributed by atoms with E-state index in [2.05, 4.69) is 132 Å². The van der Waals surface area contributed by atoms with Crippen LogP contribution in [0.3, 0.4) is 0 Å². The quantitative estimate of drug-likeness (QED) is 0.175. The molecule has 55 heavy (non-hydrogen) atoms. The minimum atomic E-state index is 0.134. The fraction of sp³-hybridized carbons (Fsp3) is 0.321. The minimum Gasteiger partial charge on any atom is -0.310 e. The Hall–Kier alpha value is -4.66. The number of thiophene rings is 1. The third-order valence-electron chi connectivity index (χ3n) is 16.7. The lowest BCUT2D eigenvalue weighted by Gasteiger charge is -2.61. The van der Waals surface area contributed by atoms with Gasteiger partial charge in [-0.3, -0.25) is 0 Å². The van der Waals surface area contributed by atoms with Gasteiger partial charge < -0.3 is 4.90 Å². The summed E-state index contributed by atoms with van der Waals surface area (Å²) in [4.78, 5) is 2.69. The predicted octanol–water partition coefficient (Wildman–Crippen LogP) is 14.3. The predicted molar refractivity (Wildman–Crippen MR) is 229 cm³/mol. The number of benzene rings is 6. The maximum absolute atomic E-state index is 2.71. The summed E-state index contributed by atoms with van der Waals surface area (Å²) in [6.45, 7) is 0. The topological polar surface area (TPSA) is 3.24 Å². The first-order chi connectivity index (χ1) is 27.2.